The van der Waals surface area contributed by atoms with Crippen LogP contribution in [-0.2, 0) is 27.3 Å². The van der Waals surface area contributed by atoms with Gasteiger partial charge in [0.15, 0.2) is 0 Å². The standard InChI is InChI=1S/C30H35N3O5/c1-36-29(34)28(32-30(35)38-22-25-5-3-2-4-6-25)21-24-7-9-27(10-8-24)37-20-15-23-13-18-33(19-14-23)26-11-16-31-17-12-26/h2-12,16-17,23,28H,13-15,18-22H2,1H3,(H,32,35). The first kappa shape index (κ1) is 27.0. The van der Waals surface area contributed by atoms with Crippen LogP contribution in [0.4, 0.5) is 10.5 Å². The normalized spacial score (nSPS) is 14.4. The maximum atomic E-state index is 12.3. The number of ether oxygens (including phenoxy) is 3. The molecule has 0 spiro atoms. The lowest BCUT2D eigenvalue weighted by atomic mass is 9.93. The van der Waals surface area contributed by atoms with Crippen LogP contribution < -0.4 is 15.0 Å². The number of methoxy groups -OCH3 is 1. The SMILES string of the molecule is COC(=O)C(Cc1ccc(OCCC2CCN(c3ccncc3)CC2)cc1)NC(=O)OCc1ccccc1. The van der Waals surface area contributed by atoms with Gasteiger partial charge in [0.25, 0.3) is 0 Å². The van der Waals surface area contributed by atoms with Gasteiger partial charge in [0.05, 0.1) is 13.7 Å². The Morgan fingerprint density at radius 2 is 1.68 bits per heavy atom. The molecule has 4 rings (SSSR count). The van der Waals surface area contributed by atoms with Crippen LogP contribution in [0.15, 0.2) is 79.1 Å². The Balaban J connectivity index is 1.19. The number of alkyl carbamates (subject to hydrolysis) is 1. The van der Waals surface area contributed by atoms with Crippen molar-refractivity contribution in [3.05, 3.63) is 90.3 Å². The molecule has 1 saturated heterocycles. The number of carbonyl (C=O) groups is 2. The molecule has 8 nitrogen and oxygen atoms in total. The molecule has 2 aromatic carbocycles. The number of piperidine rings is 1. The van der Waals surface area contributed by atoms with Crippen LogP contribution in [0.25, 0.3) is 0 Å². The number of anilines is 1. The molecule has 1 aromatic heterocycles. The molecule has 1 fully saturated rings. The highest BCUT2D eigenvalue weighted by molar-refractivity contribution is 5.81. The van der Waals surface area contributed by atoms with E-state index in [2.05, 4.69) is 27.3 Å². The van der Waals surface area contributed by atoms with E-state index in [0.717, 1.165) is 49.2 Å². The van der Waals surface area contributed by atoms with E-state index in [1.807, 2.05) is 67.0 Å². The molecule has 1 aliphatic heterocycles. The summed E-state index contributed by atoms with van der Waals surface area (Å²) in [5.74, 6) is 0.908. The van der Waals surface area contributed by atoms with Crippen LogP contribution in [0.1, 0.15) is 30.4 Å². The minimum atomic E-state index is -0.854. The van der Waals surface area contributed by atoms with Gasteiger partial charge in [-0.15, -0.1) is 0 Å². The van der Waals surface area contributed by atoms with Crippen molar-refractivity contribution in [1.29, 1.82) is 0 Å². The average Bonchev–Trinajstić information content (AvgIpc) is 2.97. The average molecular weight is 518 g/mol. The summed E-state index contributed by atoms with van der Waals surface area (Å²) in [5.41, 5.74) is 2.98. The number of carbonyl (C=O) groups excluding carboxylic acids is 2. The molecular formula is C30H35N3O5. The number of aromatic nitrogens is 1. The van der Waals surface area contributed by atoms with Crippen LogP contribution in [0.5, 0.6) is 5.75 Å². The zero-order valence-corrected chi connectivity index (χ0v) is 21.8. The number of hydrogen-bond acceptors (Lipinski definition) is 7. The second-order valence-corrected chi connectivity index (χ2v) is 9.40. The lowest BCUT2D eigenvalue weighted by Gasteiger charge is -2.33. The van der Waals surface area contributed by atoms with Crippen LogP contribution >= 0.6 is 0 Å². The second kappa shape index (κ2) is 14.0. The number of pyridine rings is 1. The van der Waals surface area contributed by atoms with E-state index in [4.69, 9.17) is 14.2 Å². The highest BCUT2D eigenvalue weighted by Gasteiger charge is 2.23. The molecule has 8 heteroatoms. The molecule has 1 atom stereocenters. The Hall–Kier alpha value is -4.07. The fraction of sp³-hybridized carbons (Fsp3) is 0.367. The first-order valence-corrected chi connectivity index (χ1v) is 13.0. The van der Waals surface area contributed by atoms with Gasteiger partial charge in [0.2, 0.25) is 0 Å². The minimum absolute atomic E-state index is 0.121. The number of rotatable bonds is 11. The Kier molecular flexibility index (Phi) is 9.96. The molecular weight excluding hydrogens is 482 g/mol. The van der Waals surface area contributed by atoms with Crippen LogP contribution in [-0.4, -0.2) is 49.9 Å². The summed E-state index contributed by atoms with van der Waals surface area (Å²) in [6.45, 7) is 2.90. The third-order valence-corrected chi connectivity index (χ3v) is 6.79. The fourth-order valence-electron chi connectivity index (χ4n) is 4.58. The quantitative estimate of drug-likeness (QED) is 0.366. The monoisotopic (exact) mass is 517 g/mol. The molecule has 2 heterocycles. The van der Waals surface area contributed by atoms with E-state index < -0.39 is 18.1 Å². The van der Waals surface area contributed by atoms with Gasteiger partial charge < -0.3 is 24.4 Å². The van der Waals surface area contributed by atoms with Gasteiger partial charge in [-0.1, -0.05) is 42.5 Å². The zero-order valence-electron chi connectivity index (χ0n) is 21.8. The van der Waals surface area contributed by atoms with Crippen molar-refractivity contribution in [2.45, 2.75) is 38.3 Å². The smallest absolute Gasteiger partial charge is 0.408 e. The summed E-state index contributed by atoms with van der Waals surface area (Å²) in [6, 6.07) is 20.2. The molecule has 1 aliphatic rings. The van der Waals surface area contributed by atoms with Crippen molar-refractivity contribution in [3.8, 4) is 5.75 Å². The molecule has 1 N–H and O–H groups in total. The minimum Gasteiger partial charge on any atom is -0.494 e. The molecule has 0 bridgehead atoms. The Morgan fingerprint density at radius 1 is 0.974 bits per heavy atom. The van der Waals surface area contributed by atoms with E-state index in [1.165, 1.54) is 12.8 Å². The summed E-state index contributed by atoms with van der Waals surface area (Å²) in [4.78, 5) is 31.0. The first-order valence-electron chi connectivity index (χ1n) is 13.0. The van der Waals surface area contributed by atoms with E-state index in [9.17, 15) is 9.59 Å². The number of esters is 1. The molecule has 3 aromatic rings. The first-order chi connectivity index (χ1) is 18.6. The predicted molar refractivity (Wildman–Crippen MR) is 145 cm³/mol. The van der Waals surface area contributed by atoms with Gasteiger partial charge in [-0.2, -0.15) is 0 Å². The van der Waals surface area contributed by atoms with Gasteiger partial charge in [-0.3, -0.25) is 4.98 Å². The molecule has 0 radical (unpaired) electrons. The van der Waals surface area contributed by atoms with Crippen molar-refractivity contribution in [2.75, 3.05) is 31.7 Å². The maximum Gasteiger partial charge on any atom is 0.408 e. The van der Waals surface area contributed by atoms with Crippen molar-refractivity contribution < 1.29 is 23.8 Å². The van der Waals surface area contributed by atoms with Crippen molar-refractivity contribution in [1.82, 2.24) is 10.3 Å². The van der Waals surface area contributed by atoms with E-state index in [0.29, 0.717) is 12.5 Å². The Morgan fingerprint density at radius 3 is 2.37 bits per heavy atom. The highest BCUT2D eigenvalue weighted by atomic mass is 16.6. The van der Waals surface area contributed by atoms with Crippen LogP contribution in [0, 0.1) is 5.92 Å². The lowest BCUT2D eigenvalue weighted by Crippen LogP contribution is -2.43. The number of nitrogens with zero attached hydrogens (tertiary/aromatic N) is 2. The van der Waals surface area contributed by atoms with Gasteiger partial charge in [-0.05, 0) is 60.6 Å². The zero-order chi connectivity index (χ0) is 26.6. The third-order valence-electron chi connectivity index (χ3n) is 6.79. The molecule has 200 valence electrons. The van der Waals surface area contributed by atoms with Gasteiger partial charge in [0.1, 0.15) is 18.4 Å². The van der Waals surface area contributed by atoms with Crippen LogP contribution in [0.3, 0.4) is 0 Å². The van der Waals surface area contributed by atoms with Crippen molar-refractivity contribution in [3.63, 3.8) is 0 Å². The van der Waals surface area contributed by atoms with Gasteiger partial charge in [0, 0.05) is 37.6 Å². The van der Waals surface area contributed by atoms with Crippen LogP contribution in [0.2, 0.25) is 0 Å². The Labute approximate surface area is 223 Å². The largest absolute Gasteiger partial charge is 0.494 e. The molecule has 1 amide bonds. The van der Waals surface area contributed by atoms with Crippen molar-refractivity contribution in [2.24, 2.45) is 5.92 Å². The van der Waals surface area contributed by atoms with Crippen molar-refractivity contribution >= 4 is 17.7 Å². The fourth-order valence-corrected chi connectivity index (χ4v) is 4.58. The lowest BCUT2D eigenvalue weighted by molar-refractivity contribution is -0.143. The third kappa shape index (κ3) is 8.23. The number of benzene rings is 2. The number of hydrogen-bond donors (Lipinski definition) is 1. The van der Waals surface area contributed by atoms with Gasteiger partial charge in [-0.25, -0.2) is 9.59 Å². The molecule has 0 saturated carbocycles. The molecule has 0 aliphatic carbocycles. The molecule has 38 heavy (non-hydrogen) atoms. The molecule has 1 unspecified atom stereocenters. The maximum absolute atomic E-state index is 12.3. The van der Waals surface area contributed by atoms with Gasteiger partial charge >= 0.3 is 12.1 Å². The highest BCUT2D eigenvalue weighted by Crippen LogP contribution is 2.25. The summed E-state index contributed by atoms with van der Waals surface area (Å²) in [7, 11) is 1.30. The Bertz CT molecular complexity index is 1130. The topological polar surface area (TPSA) is 90.0 Å². The van der Waals surface area contributed by atoms with E-state index in [1.54, 1.807) is 0 Å². The summed E-state index contributed by atoms with van der Waals surface area (Å²) in [5, 5.41) is 2.61. The number of amides is 1. The summed E-state index contributed by atoms with van der Waals surface area (Å²) < 4.78 is 16.1. The summed E-state index contributed by atoms with van der Waals surface area (Å²) >= 11 is 0. The predicted octanol–water partition coefficient (Wildman–Crippen LogP) is 4.78. The summed E-state index contributed by atoms with van der Waals surface area (Å²) in [6.07, 6.45) is 6.62. The van der Waals surface area contributed by atoms with E-state index >= 15 is 0 Å². The second-order valence-electron chi connectivity index (χ2n) is 9.40. The van der Waals surface area contributed by atoms with E-state index in [-0.39, 0.29) is 13.0 Å². The number of nitrogens with one attached hydrogen (secondary N) is 1.